The number of rotatable bonds is 3. The van der Waals surface area contributed by atoms with Gasteiger partial charge in [0.15, 0.2) is 5.75 Å². The van der Waals surface area contributed by atoms with Crippen LogP contribution in [0.15, 0.2) is 42.5 Å². The molecule has 0 atom stereocenters. The molecular formula is C19H16BNO3. The topological polar surface area (TPSA) is 40.6 Å². The van der Waals surface area contributed by atoms with Gasteiger partial charge in [0.2, 0.25) is 5.75 Å². The third kappa shape index (κ3) is 2.46. The van der Waals surface area contributed by atoms with Gasteiger partial charge in [0.05, 0.1) is 5.69 Å². The highest BCUT2D eigenvalue weighted by molar-refractivity contribution is 6.01. The van der Waals surface area contributed by atoms with Crippen LogP contribution in [0.5, 0.6) is 17.2 Å². The van der Waals surface area contributed by atoms with E-state index in [4.69, 9.17) is 27.2 Å². The van der Waals surface area contributed by atoms with Crippen molar-refractivity contribution >= 4 is 18.8 Å². The molecule has 0 bridgehead atoms. The zero-order valence-corrected chi connectivity index (χ0v) is 13.4. The Labute approximate surface area is 141 Å². The van der Waals surface area contributed by atoms with Crippen LogP contribution in [0.2, 0.25) is 0 Å². The van der Waals surface area contributed by atoms with E-state index in [1.807, 2.05) is 24.3 Å². The quantitative estimate of drug-likeness (QED) is 0.691. The lowest BCUT2D eigenvalue weighted by Crippen LogP contribution is -2.16. The first-order valence-corrected chi connectivity index (χ1v) is 7.99. The van der Waals surface area contributed by atoms with E-state index in [0.717, 1.165) is 34.1 Å². The highest BCUT2D eigenvalue weighted by Gasteiger charge is 2.20. The predicted molar refractivity (Wildman–Crippen MR) is 93.9 cm³/mol. The van der Waals surface area contributed by atoms with Gasteiger partial charge in [-0.25, -0.2) is 0 Å². The molecule has 0 saturated heterocycles. The maximum Gasteiger partial charge on any atom is 0.374 e. The number of ether oxygens (including phenoxy) is 2. The van der Waals surface area contributed by atoms with Crippen molar-refractivity contribution < 1.29 is 14.1 Å². The summed E-state index contributed by atoms with van der Waals surface area (Å²) in [6, 6.07) is 14.1. The van der Waals surface area contributed by atoms with E-state index < -0.39 is 0 Å². The minimum absolute atomic E-state index is 0.454. The first kappa shape index (κ1) is 14.9. The van der Waals surface area contributed by atoms with Gasteiger partial charge in [0.25, 0.3) is 0 Å². The van der Waals surface area contributed by atoms with Crippen molar-refractivity contribution in [1.29, 1.82) is 0 Å². The lowest BCUT2D eigenvalue weighted by molar-refractivity contribution is 0.168. The number of pyridine rings is 1. The first-order valence-electron chi connectivity index (χ1n) is 7.99. The summed E-state index contributed by atoms with van der Waals surface area (Å²) in [6.45, 7) is 3.08. The summed E-state index contributed by atoms with van der Waals surface area (Å²) < 4.78 is 16.3. The maximum absolute atomic E-state index is 5.71. The van der Waals surface area contributed by atoms with E-state index in [0.29, 0.717) is 30.5 Å². The molecule has 5 heteroatoms. The van der Waals surface area contributed by atoms with E-state index in [1.165, 1.54) is 0 Å². The zero-order chi connectivity index (χ0) is 16.5. The Morgan fingerprint density at radius 3 is 2.79 bits per heavy atom. The van der Waals surface area contributed by atoms with Crippen LogP contribution in [-0.4, -0.2) is 26.2 Å². The second-order valence-corrected chi connectivity index (χ2v) is 5.65. The number of fused-ring (bicyclic) bond motifs is 2. The van der Waals surface area contributed by atoms with Gasteiger partial charge in [-0.2, -0.15) is 0 Å². The first-order chi connectivity index (χ1) is 11.8. The van der Waals surface area contributed by atoms with E-state index in [9.17, 15) is 0 Å². The Kier molecular flexibility index (Phi) is 3.77. The second kappa shape index (κ2) is 6.08. The van der Waals surface area contributed by atoms with Crippen LogP contribution in [0.3, 0.4) is 0 Å². The molecule has 1 aliphatic heterocycles. The van der Waals surface area contributed by atoms with Crippen molar-refractivity contribution in [2.75, 3.05) is 13.2 Å². The molecule has 2 radical (unpaired) electrons. The SMILES string of the molecule is [B]Oc1cc(-c2nc(CC)cc3ccccc23)cc2c1OCCO2. The van der Waals surface area contributed by atoms with Crippen LogP contribution in [-0.2, 0) is 6.42 Å². The Balaban J connectivity index is 1.97. The largest absolute Gasteiger partial charge is 0.565 e. The van der Waals surface area contributed by atoms with Crippen LogP contribution < -0.4 is 14.1 Å². The third-order valence-electron chi connectivity index (χ3n) is 4.16. The number of nitrogens with zero attached hydrogens (tertiary/aromatic N) is 1. The van der Waals surface area contributed by atoms with E-state index in [2.05, 4.69) is 25.1 Å². The Morgan fingerprint density at radius 1 is 1.12 bits per heavy atom. The van der Waals surface area contributed by atoms with Crippen molar-refractivity contribution in [3.63, 3.8) is 0 Å². The molecule has 118 valence electrons. The zero-order valence-electron chi connectivity index (χ0n) is 13.4. The Bertz CT molecular complexity index is 893. The fraction of sp³-hybridized carbons (Fsp3) is 0.211. The van der Waals surface area contributed by atoms with Crippen molar-refractivity contribution in [3.05, 3.63) is 48.2 Å². The summed E-state index contributed by atoms with van der Waals surface area (Å²) in [5, 5.41) is 2.24. The van der Waals surface area contributed by atoms with Crippen molar-refractivity contribution in [3.8, 4) is 28.5 Å². The molecule has 2 heterocycles. The molecule has 4 nitrogen and oxygen atoms in total. The molecule has 0 aliphatic carbocycles. The van der Waals surface area contributed by atoms with Gasteiger partial charge in [-0.3, -0.25) is 4.98 Å². The van der Waals surface area contributed by atoms with Gasteiger partial charge in [-0.15, -0.1) is 0 Å². The molecule has 0 amide bonds. The lowest BCUT2D eigenvalue weighted by Gasteiger charge is -2.22. The summed E-state index contributed by atoms with van der Waals surface area (Å²) in [6.07, 6.45) is 0.864. The summed E-state index contributed by atoms with van der Waals surface area (Å²) in [5.41, 5.74) is 2.82. The Hall–Kier alpha value is -2.69. The summed E-state index contributed by atoms with van der Waals surface area (Å²) >= 11 is 0. The van der Waals surface area contributed by atoms with Crippen LogP contribution in [0.25, 0.3) is 22.0 Å². The molecule has 1 aromatic heterocycles. The minimum Gasteiger partial charge on any atom is -0.565 e. The fourth-order valence-corrected chi connectivity index (χ4v) is 3.00. The molecule has 0 spiro atoms. The molecule has 0 saturated carbocycles. The minimum atomic E-state index is 0.454. The predicted octanol–water partition coefficient (Wildman–Crippen LogP) is 3.70. The van der Waals surface area contributed by atoms with Gasteiger partial charge in [-0.1, -0.05) is 31.2 Å². The smallest absolute Gasteiger partial charge is 0.374 e. The van der Waals surface area contributed by atoms with E-state index in [-0.39, 0.29) is 0 Å². The average molecular weight is 317 g/mol. The molecular weight excluding hydrogens is 301 g/mol. The molecule has 0 fully saturated rings. The molecule has 3 aromatic rings. The van der Waals surface area contributed by atoms with Crippen LogP contribution >= 0.6 is 0 Å². The van der Waals surface area contributed by atoms with E-state index in [1.54, 1.807) is 0 Å². The van der Waals surface area contributed by atoms with Gasteiger partial charge in [0.1, 0.15) is 19.0 Å². The van der Waals surface area contributed by atoms with Gasteiger partial charge < -0.3 is 14.1 Å². The molecule has 4 rings (SSSR count). The second-order valence-electron chi connectivity index (χ2n) is 5.65. The van der Waals surface area contributed by atoms with Crippen LogP contribution in [0, 0.1) is 0 Å². The summed E-state index contributed by atoms with van der Waals surface area (Å²) in [4.78, 5) is 4.82. The highest BCUT2D eigenvalue weighted by atomic mass is 16.6. The average Bonchev–Trinajstić information content (AvgIpc) is 2.66. The molecule has 0 N–H and O–H groups in total. The summed E-state index contributed by atoms with van der Waals surface area (Å²) in [7, 11) is 5.43. The number of aryl methyl sites for hydroxylation is 1. The number of benzene rings is 2. The van der Waals surface area contributed by atoms with Crippen LogP contribution in [0.4, 0.5) is 0 Å². The standard InChI is InChI=1S/C19H16BNO3/c1-2-14-9-12-5-3-4-6-15(12)18(21-14)13-10-16-19(17(11-13)24-20)23-8-7-22-16/h3-6,9-11H,2,7-8H2,1H3. The maximum atomic E-state index is 5.71. The number of hydrogen-bond acceptors (Lipinski definition) is 4. The highest BCUT2D eigenvalue weighted by Crippen LogP contribution is 2.43. The lowest BCUT2D eigenvalue weighted by atomic mass is 10.0. The molecule has 2 aromatic carbocycles. The molecule has 24 heavy (non-hydrogen) atoms. The monoisotopic (exact) mass is 317 g/mol. The van der Waals surface area contributed by atoms with Crippen molar-refractivity contribution in [1.82, 2.24) is 4.98 Å². The molecule has 0 unspecified atom stereocenters. The van der Waals surface area contributed by atoms with Crippen molar-refractivity contribution in [2.24, 2.45) is 0 Å². The molecule has 1 aliphatic rings. The fourth-order valence-electron chi connectivity index (χ4n) is 3.00. The summed E-state index contributed by atoms with van der Waals surface area (Å²) in [5.74, 6) is 1.63. The van der Waals surface area contributed by atoms with E-state index >= 15 is 0 Å². The normalized spacial score (nSPS) is 13.0. The Morgan fingerprint density at radius 2 is 1.96 bits per heavy atom. The number of aromatic nitrogens is 1. The van der Waals surface area contributed by atoms with Crippen molar-refractivity contribution in [2.45, 2.75) is 13.3 Å². The van der Waals surface area contributed by atoms with Gasteiger partial charge >= 0.3 is 8.05 Å². The number of hydrogen-bond donors (Lipinski definition) is 0. The third-order valence-corrected chi connectivity index (χ3v) is 4.16. The van der Waals surface area contributed by atoms with Crippen LogP contribution in [0.1, 0.15) is 12.6 Å². The van der Waals surface area contributed by atoms with Gasteiger partial charge in [-0.05, 0) is 30.0 Å². The van der Waals surface area contributed by atoms with Gasteiger partial charge in [0, 0.05) is 16.6 Å².